The van der Waals surface area contributed by atoms with Crippen LogP contribution in [-0.2, 0) is 14.3 Å². The van der Waals surface area contributed by atoms with Crippen molar-refractivity contribution in [2.45, 2.75) is 59.3 Å². The highest BCUT2D eigenvalue weighted by molar-refractivity contribution is 5.87. The smallest absolute Gasteiger partial charge is 0.329 e. The van der Waals surface area contributed by atoms with Crippen molar-refractivity contribution in [3.05, 3.63) is 6.07 Å². The monoisotopic (exact) mass is 397 g/mol. The molecule has 0 bridgehead atoms. The minimum Gasteiger partial charge on any atom is -0.481 e. The van der Waals surface area contributed by atoms with Crippen molar-refractivity contribution in [2.24, 2.45) is 5.92 Å². The van der Waals surface area contributed by atoms with Crippen molar-refractivity contribution in [3.8, 4) is 17.8 Å². The van der Waals surface area contributed by atoms with Crippen molar-refractivity contribution in [3.63, 3.8) is 0 Å². The molecule has 28 heavy (non-hydrogen) atoms. The van der Waals surface area contributed by atoms with Gasteiger partial charge in [-0.15, -0.1) is 0 Å². The maximum absolute atomic E-state index is 13.0. The summed E-state index contributed by atoms with van der Waals surface area (Å²) in [7, 11) is 4.43. The van der Waals surface area contributed by atoms with E-state index in [9.17, 15) is 9.59 Å². The van der Waals surface area contributed by atoms with Gasteiger partial charge in [-0.3, -0.25) is 4.79 Å². The molecule has 1 unspecified atom stereocenters. The number of carbonyl (C=O) groups is 2. The van der Waals surface area contributed by atoms with E-state index in [1.807, 2.05) is 13.8 Å². The zero-order chi connectivity index (χ0) is 21.6. The van der Waals surface area contributed by atoms with Gasteiger partial charge < -0.3 is 23.8 Å². The zero-order valence-corrected chi connectivity index (χ0v) is 18.1. The minimum absolute atomic E-state index is 0.0541. The van der Waals surface area contributed by atoms with Crippen LogP contribution in [0.1, 0.15) is 41.5 Å². The van der Waals surface area contributed by atoms with Crippen LogP contribution in [0.3, 0.4) is 0 Å². The largest absolute Gasteiger partial charge is 0.481 e. The van der Waals surface area contributed by atoms with Gasteiger partial charge in [0.05, 0.1) is 20.3 Å². The number of amides is 1. The summed E-state index contributed by atoms with van der Waals surface area (Å²) in [5, 5.41) is 0. The second kappa shape index (κ2) is 9.57. The van der Waals surface area contributed by atoms with Crippen molar-refractivity contribution in [2.75, 3.05) is 21.3 Å². The Kier molecular flexibility index (Phi) is 8.01. The molecule has 0 aliphatic rings. The molecule has 1 amide bonds. The highest BCUT2D eigenvalue weighted by Crippen LogP contribution is 2.22. The highest BCUT2D eigenvalue weighted by Gasteiger charge is 2.34. The topological polar surface area (TPSA) is 100 Å². The van der Waals surface area contributed by atoms with Gasteiger partial charge in [0.25, 0.3) is 5.91 Å². The zero-order valence-electron chi connectivity index (χ0n) is 18.1. The van der Waals surface area contributed by atoms with E-state index in [1.54, 1.807) is 27.7 Å². The number of methoxy groups -OCH3 is 2. The van der Waals surface area contributed by atoms with Crippen LogP contribution >= 0.6 is 0 Å². The Hall–Kier alpha value is -2.58. The number of rotatable bonds is 8. The first kappa shape index (κ1) is 23.5. The van der Waals surface area contributed by atoms with E-state index in [0.29, 0.717) is 0 Å². The van der Waals surface area contributed by atoms with Crippen LogP contribution in [0.2, 0.25) is 0 Å². The number of likely N-dealkylation sites (N-methyl/N-ethyl adjacent to an activating group) is 1. The van der Waals surface area contributed by atoms with Crippen molar-refractivity contribution in [1.82, 2.24) is 14.9 Å². The van der Waals surface area contributed by atoms with E-state index in [0.717, 1.165) is 0 Å². The summed E-state index contributed by atoms with van der Waals surface area (Å²) in [6, 6.07) is 0.661. The summed E-state index contributed by atoms with van der Waals surface area (Å²) in [6.07, 6.45) is -0.910. The maximum atomic E-state index is 13.0. The molecule has 2 atom stereocenters. The summed E-state index contributed by atoms with van der Waals surface area (Å²) in [5.41, 5.74) is -0.645. The first-order chi connectivity index (χ1) is 12.9. The van der Waals surface area contributed by atoms with Gasteiger partial charge in [0.2, 0.25) is 11.8 Å². The average molecular weight is 397 g/mol. The normalized spacial score (nSPS) is 13.5. The lowest BCUT2D eigenvalue weighted by Crippen LogP contribution is -2.50. The maximum Gasteiger partial charge on any atom is 0.329 e. The lowest BCUT2D eigenvalue weighted by Gasteiger charge is -2.31. The van der Waals surface area contributed by atoms with E-state index in [4.69, 9.17) is 18.9 Å². The van der Waals surface area contributed by atoms with Crippen LogP contribution in [0, 0.1) is 5.92 Å². The van der Waals surface area contributed by atoms with Gasteiger partial charge in [-0.1, -0.05) is 13.8 Å². The van der Waals surface area contributed by atoms with E-state index < -0.39 is 29.6 Å². The Labute approximate surface area is 166 Å². The predicted octanol–water partition coefficient (Wildman–Crippen LogP) is 2.09. The molecule has 0 aromatic carbocycles. The molecule has 9 nitrogen and oxygen atoms in total. The third-order valence-corrected chi connectivity index (χ3v) is 3.83. The molecule has 1 rings (SSSR count). The summed E-state index contributed by atoms with van der Waals surface area (Å²) in [5.74, 6) is -0.606. The molecular formula is C19H31N3O6. The average Bonchev–Trinajstić information content (AvgIpc) is 2.62. The number of nitrogens with zero attached hydrogens (tertiary/aromatic N) is 3. The fourth-order valence-corrected chi connectivity index (χ4v) is 2.17. The van der Waals surface area contributed by atoms with Crippen LogP contribution < -0.4 is 14.2 Å². The summed E-state index contributed by atoms with van der Waals surface area (Å²) >= 11 is 0. The Morgan fingerprint density at radius 2 is 1.54 bits per heavy atom. The number of esters is 1. The standard InChI is InChI=1S/C19H31N3O6/c1-11(2)15(27-18-20-13(25-8)10-14(21-18)26-9)16(23)22(7)12(3)17(24)28-19(4,5)6/h10-12,15H,1-9H3/t12-,15?/m0/s1. The van der Waals surface area contributed by atoms with E-state index >= 15 is 0 Å². The van der Waals surface area contributed by atoms with E-state index in [1.165, 1.54) is 32.2 Å². The molecule has 0 aliphatic heterocycles. The predicted molar refractivity (Wildman–Crippen MR) is 102 cm³/mol. The lowest BCUT2D eigenvalue weighted by atomic mass is 10.1. The van der Waals surface area contributed by atoms with Crippen LogP contribution in [0.15, 0.2) is 6.07 Å². The molecule has 158 valence electrons. The number of hydrogen-bond donors (Lipinski definition) is 0. The van der Waals surface area contributed by atoms with Crippen molar-refractivity contribution >= 4 is 11.9 Å². The molecule has 0 N–H and O–H groups in total. The van der Waals surface area contributed by atoms with Crippen LogP contribution in [0.5, 0.6) is 17.8 Å². The molecule has 0 fully saturated rings. The quantitative estimate of drug-likeness (QED) is 0.615. The summed E-state index contributed by atoms with van der Waals surface area (Å²) in [6.45, 7) is 10.6. The summed E-state index contributed by atoms with van der Waals surface area (Å²) < 4.78 is 21.3. The summed E-state index contributed by atoms with van der Waals surface area (Å²) in [4.78, 5) is 34.8. The third kappa shape index (κ3) is 6.54. The molecule has 0 radical (unpaired) electrons. The fourth-order valence-electron chi connectivity index (χ4n) is 2.17. The Bertz CT molecular complexity index is 664. The lowest BCUT2D eigenvalue weighted by molar-refractivity contribution is -0.165. The number of aromatic nitrogens is 2. The van der Waals surface area contributed by atoms with E-state index in [-0.39, 0.29) is 23.7 Å². The van der Waals surface area contributed by atoms with Gasteiger partial charge in [0.15, 0.2) is 6.10 Å². The second-order valence-electron chi connectivity index (χ2n) is 7.68. The van der Waals surface area contributed by atoms with Crippen LogP contribution in [0.4, 0.5) is 0 Å². The molecule has 1 aromatic heterocycles. The molecule has 0 spiro atoms. The molecule has 0 saturated heterocycles. The van der Waals surface area contributed by atoms with Gasteiger partial charge in [0.1, 0.15) is 11.6 Å². The van der Waals surface area contributed by atoms with Gasteiger partial charge in [-0.25, -0.2) is 4.79 Å². The van der Waals surface area contributed by atoms with Gasteiger partial charge >= 0.3 is 12.0 Å². The Morgan fingerprint density at radius 3 is 1.93 bits per heavy atom. The first-order valence-electron chi connectivity index (χ1n) is 9.02. The minimum atomic E-state index is -0.910. The highest BCUT2D eigenvalue weighted by atomic mass is 16.6. The molecule has 1 heterocycles. The Balaban J connectivity index is 3.02. The van der Waals surface area contributed by atoms with Crippen LogP contribution in [-0.4, -0.2) is 65.8 Å². The second-order valence-corrected chi connectivity index (χ2v) is 7.68. The van der Waals surface area contributed by atoms with Gasteiger partial charge in [-0.2, -0.15) is 9.97 Å². The molecule has 0 saturated carbocycles. The van der Waals surface area contributed by atoms with Crippen LogP contribution in [0.25, 0.3) is 0 Å². The first-order valence-corrected chi connectivity index (χ1v) is 9.02. The van der Waals surface area contributed by atoms with Gasteiger partial charge in [0, 0.05) is 7.05 Å². The fraction of sp³-hybridized carbons (Fsp3) is 0.684. The van der Waals surface area contributed by atoms with E-state index in [2.05, 4.69) is 9.97 Å². The number of hydrogen-bond acceptors (Lipinski definition) is 8. The molecule has 1 aromatic rings. The Morgan fingerprint density at radius 1 is 1.04 bits per heavy atom. The third-order valence-electron chi connectivity index (χ3n) is 3.83. The molecule has 0 aliphatic carbocycles. The van der Waals surface area contributed by atoms with Crippen molar-refractivity contribution in [1.29, 1.82) is 0 Å². The number of ether oxygens (including phenoxy) is 4. The van der Waals surface area contributed by atoms with Gasteiger partial charge in [-0.05, 0) is 33.6 Å². The van der Waals surface area contributed by atoms with Crippen molar-refractivity contribution < 1.29 is 28.5 Å². The molecule has 9 heteroatoms. The molecular weight excluding hydrogens is 366 g/mol. The SMILES string of the molecule is COc1cc(OC)nc(OC(C(=O)N(C)[C@@H](C)C(=O)OC(C)(C)C)C(C)C)n1. The number of carbonyl (C=O) groups excluding carboxylic acids is 2.